The third-order valence-electron chi connectivity index (χ3n) is 4.37. The molecule has 0 aliphatic carbocycles. The molecule has 1 N–H and O–H groups in total. The lowest BCUT2D eigenvalue weighted by Crippen LogP contribution is -2.35. The van der Waals surface area contributed by atoms with E-state index < -0.39 is 10.1 Å². The molecule has 0 saturated heterocycles. The highest BCUT2D eigenvalue weighted by Gasteiger charge is 2.14. The fraction of sp³-hybridized carbons (Fsp3) is 0.381. The van der Waals surface area contributed by atoms with Gasteiger partial charge in [-0.3, -0.25) is 0 Å². The predicted octanol–water partition coefficient (Wildman–Crippen LogP) is 4.48. The second-order valence-electron chi connectivity index (χ2n) is 6.94. The molecule has 28 heavy (non-hydrogen) atoms. The van der Waals surface area contributed by atoms with Gasteiger partial charge in [-0.05, 0) is 61.2 Å². The minimum absolute atomic E-state index is 0.159. The van der Waals surface area contributed by atoms with E-state index in [0.29, 0.717) is 13.1 Å². The van der Waals surface area contributed by atoms with Gasteiger partial charge >= 0.3 is 16.1 Å². The number of carbonyl (C=O) groups excluding carboxylic acids is 1. The van der Waals surface area contributed by atoms with Crippen LogP contribution in [0.1, 0.15) is 36.5 Å². The number of nitrogens with zero attached hydrogens (tertiary/aromatic N) is 1. The summed E-state index contributed by atoms with van der Waals surface area (Å²) >= 11 is 0. The van der Waals surface area contributed by atoms with Crippen molar-refractivity contribution in [2.45, 2.75) is 40.2 Å². The number of benzene rings is 2. The zero-order chi connectivity index (χ0) is 20.7. The van der Waals surface area contributed by atoms with Gasteiger partial charge in [-0.2, -0.15) is 8.42 Å². The van der Waals surface area contributed by atoms with Crippen molar-refractivity contribution in [2.75, 3.05) is 18.1 Å². The molecule has 0 aliphatic rings. The van der Waals surface area contributed by atoms with Crippen molar-refractivity contribution < 1.29 is 17.4 Å². The Hall–Kier alpha value is -2.54. The number of nitrogens with one attached hydrogen (secondary N) is 1. The fourth-order valence-electron chi connectivity index (χ4n) is 2.67. The second kappa shape index (κ2) is 9.59. The molecule has 0 spiro atoms. The van der Waals surface area contributed by atoms with Crippen molar-refractivity contribution >= 4 is 21.8 Å². The first-order valence-electron chi connectivity index (χ1n) is 9.29. The summed E-state index contributed by atoms with van der Waals surface area (Å²) in [5, 5.41) is 2.96. The van der Waals surface area contributed by atoms with E-state index in [4.69, 9.17) is 4.18 Å². The van der Waals surface area contributed by atoms with Crippen LogP contribution < -0.4 is 9.50 Å². The lowest BCUT2D eigenvalue weighted by Gasteiger charge is -2.23. The summed E-state index contributed by atoms with van der Waals surface area (Å²) in [6, 6.07) is 12.4. The minimum Gasteiger partial charge on any atom is -0.383 e. The number of aryl methyl sites for hydroxylation is 2. The zero-order valence-electron chi connectivity index (χ0n) is 16.9. The van der Waals surface area contributed by atoms with Crippen LogP contribution in [-0.2, 0) is 16.7 Å². The number of hydrogen-bond donors (Lipinski definition) is 1. The van der Waals surface area contributed by atoms with Crippen LogP contribution in [0.25, 0.3) is 0 Å². The Morgan fingerprint density at radius 2 is 1.75 bits per heavy atom. The average Bonchev–Trinajstić information content (AvgIpc) is 2.62. The van der Waals surface area contributed by atoms with E-state index in [-0.39, 0.29) is 11.8 Å². The molecule has 0 atom stereocenters. The molecular formula is C21H28N2O4S. The van der Waals surface area contributed by atoms with Crippen LogP contribution in [0.4, 0.5) is 10.5 Å². The smallest absolute Gasteiger partial charge is 0.322 e. The van der Waals surface area contributed by atoms with Crippen LogP contribution in [0.15, 0.2) is 42.5 Å². The first kappa shape index (κ1) is 21.8. The Balaban J connectivity index is 2.09. The number of carbonyl (C=O) groups is 1. The molecule has 2 aromatic rings. The number of urea groups is 1. The van der Waals surface area contributed by atoms with Crippen molar-refractivity contribution in [3.05, 3.63) is 59.2 Å². The SMILES string of the molecule is CCCCN(Cc1ccc(OS(C)(=O)=O)cc1)C(=O)Nc1ccc(C)c(C)c1. The van der Waals surface area contributed by atoms with Gasteiger partial charge in [-0.25, -0.2) is 4.79 Å². The summed E-state index contributed by atoms with van der Waals surface area (Å²) in [5.41, 5.74) is 3.97. The summed E-state index contributed by atoms with van der Waals surface area (Å²) in [4.78, 5) is 14.5. The molecule has 0 unspecified atom stereocenters. The van der Waals surface area contributed by atoms with Crippen LogP contribution in [0, 0.1) is 13.8 Å². The largest absolute Gasteiger partial charge is 0.383 e. The van der Waals surface area contributed by atoms with Gasteiger partial charge < -0.3 is 14.4 Å². The van der Waals surface area contributed by atoms with Gasteiger partial charge in [0.05, 0.1) is 6.26 Å². The van der Waals surface area contributed by atoms with E-state index >= 15 is 0 Å². The Morgan fingerprint density at radius 3 is 2.32 bits per heavy atom. The Kier molecular flexibility index (Phi) is 7.45. The summed E-state index contributed by atoms with van der Waals surface area (Å²) in [5.74, 6) is 0.256. The zero-order valence-corrected chi connectivity index (χ0v) is 17.7. The maximum atomic E-state index is 12.8. The Morgan fingerprint density at radius 1 is 1.07 bits per heavy atom. The molecule has 7 heteroatoms. The van der Waals surface area contributed by atoms with Gasteiger partial charge in [-0.1, -0.05) is 31.5 Å². The predicted molar refractivity (Wildman–Crippen MR) is 112 cm³/mol. The minimum atomic E-state index is -3.55. The number of anilines is 1. The Bertz CT molecular complexity index is 909. The third kappa shape index (κ3) is 6.88. The van der Waals surface area contributed by atoms with Crippen molar-refractivity contribution in [1.82, 2.24) is 4.90 Å². The summed E-state index contributed by atoms with van der Waals surface area (Å²) in [6.45, 7) is 7.19. The molecule has 152 valence electrons. The van der Waals surface area contributed by atoms with Crippen LogP contribution in [0.2, 0.25) is 0 Å². The number of amides is 2. The highest BCUT2D eigenvalue weighted by molar-refractivity contribution is 7.86. The highest BCUT2D eigenvalue weighted by Crippen LogP contribution is 2.18. The lowest BCUT2D eigenvalue weighted by molar-refractivity contribution is 0.208. The molecule has 0 aromatic heterocycles. The maximum Gasteiger partial charge on any atom is 0.322 e. The van der Waals surface area contributed by atoms with E-state index in [0.717, 1.165) is 35.9 Å². The van der Waals surface area contributed by atoms with Gasteiger partial charge in [0.2, 0.25) is 0 Å². The maximum absolute atomic E-state index is 12.8. The molecular weight excluding hydrogens is 376 g/mol. The van der Waals surface area contributed by atoms with Gasteiger partial charge in [0, 0.05) is 18.8 Å². The van der Waals surface area contributed by atoms with Crippen LogP contribution in [0.3, 0.4) is 0 Å². The van der Waals surface area contributed by atoms with Crippen molar-refractivity contribution in [3.8, 4) is 5.75 Å². The number of rotatable bonds is 8. The normalized spacial score (nSPS) is 11.1. The first-order chi connectivity index (χ1) is 13.2. The molecule has 0 aliphatic heterocycles. The molecule has 0 radical (unpaired) electrons. The first-order valence-corrected chi connectivity index (χ1v) is 11.1. The number of unbranched alkanes of at least 4 members (excludes halogenated alkanes) is 1. The van der Waals surface area contributed by atoms with E-state index in [9.17, 15) is 13.2 Å². The van der Waals surface area contributed by atoms with Crippen molar-refractivity contribution in [2.24, 2.45) is 0 Å². The molecule has 2 rings (SSSR count). The van der Waals surface area contributed by atoms with Crippen LogP contribution >= 0.6 is 0 Å². The molecule has 0 bridgehead atoms. The molecule has 0 fully saturated rings. The highest BCUT2D eigenvalue weighted by atomic mass is 32.2. The molecule has 6 nitrogen and oxygen atoms in total. The van der Waals surface area contributed by atoms with Gasteiger partial charge in [0.15, 0.2) is 0 Å². The standard InChI is InChI=1S/C21H28N2O4S/c1-5-6-13-23(21(24)22-19-10-7-16(2)17(3)14-19)15-18-8-11-20(12-9-18)27-28(4,25)26/h7-12,14H,5-6,13,15H2,1-4H3,(H,22,24). The third-order valence-corrected chi connectivity index (χ3v) is 4.87. The number of hydrogen-bond acceptors (Lipinski definition) is 4. The molecule has 0 saturated carbocycles. The van der Waals surface area contributed by atoms with Gasteiger partial charge in [0.25, 0.3) is 0 Å². The van der Waals surface area contributed by atoms with E-state index in [2.05, 4.69) is 12.2 Å². The van der Waals surface area contributed by atoms with Gasteiger partial charge in [-0.15, -0.1) is 0 Å². The lowest BCUT2D eigenvalue weighted by atomic mass is 10.1. The quantitative estimate of drug-likeness (QED) is 0.659. The Labute approximate surface area is 167 Å². The topological polar surface area (TPSA) is 75.7 Å². The van der Waals surface area contributed by atoms with E-state index in [1.54, 1.807) is 29.2 Å². The van der Waals surface area contributed by atoms with Crippen LogP contribution in [-0.4, -0.2) is 32.1 Å². The fourth-order valence-corrected chi connectivity index (χ4v) is 3.13. The molecule has 0 heterocycles. The molecule has 2 amide bonds. The summed E-state index contributed by atoms with van der Waals surface area (Å²) in [6.07, 6.45) is 2.88. The van der Waals surface area contributed by atoms with Crippen LogP contribution in [0.5, 0.6) is 5.75 Å². The summed E-state index contributed by atoms with van der Waals surface area (Å²) in [7, 11) is -3.55. The second-order valence-corrected chi connectivity index (χ2v) is 8.51. The van der Waals surface area contributed by atoms with E-state index in [1.807, 2.05) is 32.0 Å². The average molecular weight is 405 g/mol. The monoisotopic (exact) mass is 404 g/mol. The summed E-state index contributed by atoms with van der Waals surface area (Å²) < 4.78 is 27.3. The van der Waals surface area contributed by atoms with Crippen molar-refractivity contribution in [3.63, 3.8) is 0 Å². The van der Waals surface area contributed by atoms with Crippen molar-refractivity contribution in [1.29, 1.82) is 0 Å². The van der Waals surface area contributed by atoms with E-state index in [1.165, 1.54) is 5.56 Å². The van der Waals surface area contributed by atoms with Gasteiger partial charge in [0.1, 0.15) is 5.75 Å². The molecule has 2 aromatic carbocycles.